The number of hydrogen-bond donors (Lipinski definition) is 0. The van der Waals surface area contributed by atoms with E-state index in [1.54, 1.807) is 11.3 Å². The minimum Gasteiger partial charge on any atom is -0.469 e. The average Bonchev–Trinajstić information content (AvgIpc) is 3.04. The number of likely N-dealkylation sites (tertiary alicyclic amines) is 1. The molecular formula is C14H20N2O2S. The second kappa shape index (κ2) is 4.87. The maximum atomic E-state index is 12.2. The molecule has 1 aromatic rings. The van der Waals surface area contributed by atoms with Gasteiger partial charge >= 0.3 is 5.97 Å². The first kappa shape index (κ1) is 13.1. The predicted molar refractivity (Wildman–Crippen MR) is 73.9 cm³/mol. The van der Waals surface area contributed by atoms with Gasteiger partial charge in [0, 0.05) is 24.5 Å². The lowest BCUT2D eigenvalue weighted by Gasteiger charge is -2.25. The lowest BCUT2D eigenvalue weighted by Crippen LogP contribution is -2.36. The summed E-state index contributed by atoms with van der Waals surface area (Å²) in [6.07, 6.45) is 3.31. The fourth-order valence-corrected chi connectivity index (χ4v) is 4.55. The first-order valence-corrected chi connectivity index (χ1v) is 7.73. The molecule has 3 rings (SSSR count). The van der Waals surface area contributed by atoms with Crippen molar-refractivity contribution in [3.8, 4) is 0 Å². The Labute approximate surface area is 117 Å². The number of carbonyl (C=O) groups excluding carboxylic acids is 1. The second-order valence-electron chi connectivity index (χ2n) is 5.77. The lowest BCUT2D eigenvalue weighted by molar-refractivity contribution is -0.153. The van der Waals surface area contributed by atoms with Crippen molar-refractivity contribution in [3.05, 3.63) is 16.1 Å². The third kappa shape index (κ3) is 2.09. The van der Waals surface area contributed by atoms with Crippen LogP contribution >= 0.6 is 11.3 Å². The van der Waals surface area contributed by atoms with E-state index < -0.39 is 0 Å². The molecule has 104 valence electrons. The highest BCUT2D eigenvalue weighted by atomic mass is 32.1. The number of ether oxygens (including phenoxy) is 1. The highest BCUT2D eigenvalue weighted by Crippen LogP contribution is 2.49. The van der Waals surface area contributed by atoms with E-state index in [2.05, 4.69) is 16.8 Å². The van der Waals surface area contributed by atoms with Crippen LogP contribution in [0.5, 0.6) is 0 Å². The summed E-state index contributed by atoms with van der Waals surface area (Å²) in [7, 11) is 1.52. The van der Waals surface area contributed by atoms with Gasteiger partial charge in [-0.3, -0.25) is 9.69 Å². The fourth-order valence-electron chi connectivity index (χ4n) is 3.73. The Bertz CT molecular complexity index is 488. The van der Waals surface area contributed by atoms with Gasteiger partial charge in [0.15, 0.2) is 0 Å². The number of esters is 1. The van der Waals surface area contributed by atoms with Crippen molar-refractivity contribution in [2.45, 2.75) is 32.7 Å². The van der Waals surface area contributed by atoms with Crippen molar-refractivity contribution in [1.82, 2.24) is 9.88 Å². The van der Waals surface area contributed by atoms with Crippen LogP contribution in [-0.4, -0.2) is 36.1 Å². The SMILES string of the molecule is COC(=O)[C@@]12CCC[C@H]1CN(Cc1scnc1C)C2. The first-order chi connectivity index (χ1) is 9.15. The van der Waals surface area contributed by atoms with Crippen molar-refractivity contribution in [3.63, 3.8) is 0 Å². The van der Waals surface area contributed by atoms with Crippen LogP contribution in [-0.2, 0) is 16.1 Å². The van der Waals surface area contributed by atoms with Crippen molar-refractivity contribution in [2.24, 2.45) is 11.3 Å². The first-order valence-electron chi connectivity index (χ1n) is 6.85. The predicted octanol–water partition coefficient (Wildman–Crippen LogP) is 2.23. The Morgan fingerprint density at radius 2 is 2.53 bits per heavy atom. The molecule has 4 nitrogen and oxygen atoms in total. The number of thiazole rings is 1. The van der Waals surface area contributed by atoms with Crippen LogP contribution in [0.1, 0.15) is 29.8 Å². The molecule has 19 heavy (non-hydrogen) atoms. The molecule has 2 aliphatic rings. The van der Waals surface area contributed by atoms with Crippen molar-refractivity contribution < 1.29 is 9.53 Å². The van der Waals surface area contributed by atoms with E-state index in [0.717, 1.165) is 44.6 Å². The summed E-state index contributed by atoms with van der Waals surface area (Å²) in [6, 6.07) is 0. The molecule has 0 amide bonds. The standard InChI is InChI=1S/C14H20N2O2S/c1-10-12(19-9-15-10)7-16-6-11-4-3-5-14(11,8-16)13(17)18-2/h9,11H,3-8H2,1-2H3/t11-,14+/m0/s1. The molecule has 1 aliphatic heterocycles. The van der Waals surface area contributed by atoms with Gasteiger partial charge in [0.05, 0.1) is 23.7 Å². The molecule has 2 fully saturated rings. The van der Waals surface area contributed by atoms with E-state index in [-0.39, 0.29) is 11.4 Å². The van der Waals surface area contributed by atoms with Crippen molar-refractivity contribution >= 4 is 17.3 Å². The molecule has 0 spiro atoms. The molecule has 2 atom stereocenters. The van der Waals surface area contributed by atoms with E-state index in [4.69, 9.17) is 4.74 Å². The minimum atomic E-state index is -0.229. The van der Waals surface area contributed by atoms with Crippen LogP contribution in [0.2, 0.25) is 0 Å². The molecule has 0 bridgehead atoms. The average molecular weight is 280 g/mol. The van der Waals surface area contributed by atoms with E-state index in [1.165, 1.54) is 12.0 Å². The molecule has 0 radical (unpaired) electrons. The Morgan fingerprint density at radius 1 is 1.68 bits per heavy atom. The van der Waals surface area contributed by atoms with Crippen molar-refractivity contribution in [1.29, 1.82) is 0 Å². The third-order valence-corrected chi connectivity index (χ3v) is 5.67. The van der Waals surface area contributed by atoms with Crippen molar-refractivity contribution in [2.75, 3.05) is 20.2 Å². The molecule has 1 saturated heterocycles. The number of rotatable bonds is 3. The number of methoxy groups -OCH3 is 1. The van der Waals surface area contributed by atoms with Crippen LogP contribution in [0.4, 0.5) is 0 Å². The summed E-state index contributed by atoms with van der Waals surface area (Å²) < 4.78 is 5.07. The summed E-state index contributed by atoms with van der Waals surface area (Å²) in [5.74, 6) is 0.478. The molecule has 5 heteroatoms. The number of aromatic nitrogens is 1. The monoisotopic (exact) mass is 280 g/mol. The van der Waals surface area contributed by atoms with Gasteiger partial charge < -0.3 is 4.74 Å². The van der Waals surface area contributed by atoms with E-state index in [9.17, 15) is 4.79 Å². The Balaban J connectivity index is 1.75. The molecule has 2 heterocycles. The van der Waals surface area contributed by atoms with Crippen LogP contribution in [0, 0.1) is 18.3 Å². The van der Waals surface area contributed by atoms with Gasteiger partial charge in [-0.05, 0) is 25.7 Å². The number of aryl methyl sites for hydroxylation is 1. The Morgan fingerprint density at radius 3 is 3.21 bits per heavy atom. The molecule has 0 aromatic carbocycles. The summed E-state index contributed by atoms with van der Waals surface area (Å²) in [5, 5.41) is 0. The van der Waals surface area contributed by atoms with Crippen LogP contribution in [0.25, 0.3) is 0 Å². The Kier molecular flexibility index (Phi) is 3.35. The zero-order valence-electron chi connectivity index (χ0n) is 11.5. The molecule has 0 unspecified atom stereocenters. The molecule has 1 aromatic heterocycles. The lowest BCUT2D eigenvalue weighted by atomic mass is 9.81. The Hall–Kier alpha value is -0.940. The summed E-state index contributed by atoms with van der Waals surface area (Å²) in [4.78, 5) is 20.2. The number of hydrogen-bond acceptors (Lipinski definition) is 5. The normalized spacial score (nSPS) is 30.5. The van der Waals surface area contributed by atoms with Crippen LogP contribution in [0.3, 0.4) is 0 Å². The summed E-state index contributed by atoms with van der Waals surface area (Å²) in [5.41, 5.74) is 2.79. The topological polar surface area (TPSA) is 42.4 Å². The van der Waals surface area contributed by atoms with E-state index >= 15 is 0 Å². The van der Waals surface area contributed by atoms with Gasteiger partial charge in [0.25, 0.3) is 0 Å². The highest BCUT2D eigenvalue weighted by molar-refractivity contribution is 7.09. The second-order valence-corrected chi connectivity index (χ2v) is 6.71. The molecular weight excluding hydrogens is 260 g/mol. The number of nitrogens with zero attached hydrogens (tertiary/aromatic N) is 2. The molecule has 1 aliphatic carbocycles. The van der Waals surface area contributed by atoms with Crippen LogP contribution < -0.4 is 0 Å². The minimum absolute atomic E-state index is 0.00136. The molecule has 1 saturated carbocycles. The number of fused-ring (bicyclic) bond motifs is 1. The van der Waals surface area contributed by atoms with E-state index in [1.807, 2.05) is 5.51 Å². The molecule has 0 N–H and O–H groups in total. The van der Waals surface area contributed by atoms with Gasteiger partial charge in [-0.15, -0.1) is 11.3 Å². The quantitative estimate of drug-likeness (QED) is 0.796. The summed E-state index contributed by atoms with van der Waals surface area (Å²) >= 11 is 1.71. The fraction of sp³-hybridized carbons (Fsp3) is 0.714. The maximum absolute atomic E-state index is 12.2. The zero-order valence-corrected chi connectivity index (χ0v) is 12.3. The number of carbonyl (C=O) groups is 1. The van der Waals surface area contributed by atoms with Gasteiger partial charge in [-0.2, -0.15) is 0 Å². The van der Waals surface area contributed by atoms with Crippen LogP contribution in [0.15, 0.2) is 5.51 Å². The van der Waals surface area contributed by atoms with E-state index in [0.29, 0.717) is 5.92 Å². The van der Waals surface area contributed by atoms with Gasteiger partial charge in [-0.1, -0.05) is 6.42 Å². The largest absolute Gasteiger partial charge is 0.469 e. The highest BCUT2D eigenvalue weighted by Gasteiger charge is 2.55. The van der Waals surface area contributed by atoms with Gasteiger partial charge in [0.2, 0.25) is 0 Å². The maximum Gasteiger partial charge on any atom is 0.313 e. The summed E-state index contributed by atoms with van der Waals surface area (Å²) in [6.45, 7) is 4.85. The van der Waals surface area contributed by atoms with Gasteiger partial charge in [0.1, 0.15) is 0 Å². The third-order valence-electron chi connectivity index (χ3n) is 4.75. The smallest absolute Gasteiger partial charge is 0.313 e. The zero-order chi connectivity index (χ0) is 13.5. The van der Waals surface area contributed by atoms with Gasteiger partial charge in [-0.25, -0.2) is 4.98 Å².